The number of ether oxygens (including phenoxy) is 1. The minimum atomic E-state index is -0.920. The molecule has 15 heavy (non-hydrogen) atoms. The van der Waals surface area contributed by atoms with Crippen LogP contribution in [0.4, 0.5) is 0 Å². The van der Waals surface area contributed by atoms with E-state index in [0.717, 1.165) is 12.8 Å². The van der Waals surface area contributed by atoms with Crippen molar-refractivity contribution < 1.29 is 14.6 Å². The number of carbonyl (C=O) groups is 1. The maximum atomic E-state index is 11.0. The summed E-state index contributed by atoms with van der Waals surface area (Å²) in [7, 11) is 0. The first-order valence-electron chi connectivity index (χ1n) is 6.07. The van der Waals surface area contributed by atoms with Crippen LogP contribution in [0, 0.1) is 0 Å². The van der Waals surface area contributed by atoms with E-state index in [9.17, 15) is 9.90 Å². The topological polar surface area (TPSA) is 46.5 Å². The van der Waals surface area contributed by atoms with E-state index in [-0.39, 0.29) is 0 Å². The van der Waals surface area contributed by atoms with Crippen molar-refractivity contribution in [3.8, 4) is 0 Å². The van der Waals surface area contributed by atoms with E-state index in [1.807, 2.05) is 0 Å². The molecule has 0 bridgehead atoms. The number of hydrogen-bond acceptors (Lipinski definition) is 3. The van der Waals surface area contributed by atoms with Gasteiger partial charge in [0, 0.05) is 0 Å². The zero-order valence-corrected chi connectivity index (χ0v) is 10.00. The van der Waals surface area contributed by atoms with Crippen LogP contribution in [0.5, 0.6) is 0 Å². The minimum Gasteiger partial charge on any atom is -0.464 e. The van der Waals surface area contributed by atoms with Gasteiger partial charge in [0.1, 0.15) is 0 Å². The van der Waals surface area contributed by atoms with Crippen LogP contribution in [-0.2, 0) is 9.53 Å². The average Bonchev–Trinajstić information content (AvgIpc) is 2.23. The van der Waals surface area contributed by atoms with E-state index in [4.69, 9.17) is 4.74 Å². The molecule has 0 spiro atoms. The highest BCUT2D eigenvalue weighted by molar-refractivity contribution is 5.74. The van der Waals surface area contributed by atoms with Crippen LogP contribution in [0.3, 0.4) is 0 Å². The summed E-state index contributed by atoms with van der Waals surface area (Å²) in [6, 6.07) is 0. The monoisotopic (exact) mass is 216 g/mol. The fourth-order valence-electron chi connectivity index (χ4n) is 1.47. The van der Waals surface area contributed by atoms with Crippen molar-refractivity contribution >= 4 is 5.97 Å². The number of carbonyl (C=O) groups excluding carboxylic acids is 1. The predicted molar refractivity (Wildman–Crippen MR) is 60.6 cm³/mol. The molecule has 1 unspecified atom stereocenters. The molecule has 1 atom stereocenters. The summed E-state index contributed by atoms with van der Waals surface area (Å²) in [5.74, 6) is -0.481. The smallest absolute Gasteiger partial charge is 0.334 e. The third kappa shape index (κ3) is 8.43. The highest BCUT2D eigenvalue weighted by atomic mass is 16.5. The van der Waals surface area contributed by atoms with Crippen LogP contribution >= 0.6 is 0 Å². The molecule has 0 fully saturated rings. The second kappa shape index (κ2) is 9.97. The summed E-state index contributed by atoms with van der Waals surface area (Å²) in [5.41, 5.74) is 0. The molecule has 0 aromatic heterocycles. The largest absolute Gasteiger partial charge is 0.464 e. The van der Waals surface area contributed by atoms with Gasteiger partial charge in [0.25, 0.3) is 0 Å². The number of unbranched alkanes of at least 4 members (excludes halogenated alkanes) is 5. The molecular formula is C12H24O3. The van der Waals surface area contributed by atoms with Crippen molar-refractivity contribution in [2.45, 2.75) is 64.9 Å². The van der Waals surface area contributed by atoms with Crippen molar-refractivity contribution in [2.75, 3.05) is 6.61 Å². The Labute approximate surface area is 92.8 Å². The van der Waals surface area contributed by atoms with Crippen LogP contribution in [0.1, 0.15) is 58.8 Å². The van der Waals surface area contributed by atoms with Crippen molar-refractivity contribution in [2.24, 2.45) is 0 Å². The van der Waals surface area contributed by atoms with E-state index in [2.05, 4.69) is 6.92 Å². The summed E-state index contributed by atoms with van der Waals surface area (Å²) < 4.78 is 4.71. The fourth-order valence-corrected chi connectivity index (χ4v) is 1.47. The van der Waals surface area contributed by atoms with Crippen molar-refractivity contribution in [3.63, 3.8) is 0 Å². The van der Waals surface area contributed by atoms with Gasteiger partial charge in [0.2, 0.25) is 0 Å². The Balaban J connectivity index is 3.30. The third-order valence-corrected chi connectivity index (χ3v) is 2.39. The summed E-state index contributed by atoms with van der Waals surface area (Å²) in [4.78, 5) is 11.0. The van der Waals surface area contributed by atoms with Crippen LogP contribution in [0.15, 0.2) is 0 Å². The van der Waals surface area contributed by atoms with E-state index < -0.39 is 12.1 Å². The summed E-state index contributed by atoms with van der Waals surface area (Å²) in [6.07, 6.45) is 6.59. The number of hydrogen-bond donors (Lipinski definition) is 1. The molecule has 0 saturated carbocycles. The Morgan fingerprint density at radius 1 is 1.13 bits per heavy atom. The molecule has 1 N–H and O–H groups in total. The molecule has 0 aliphatic carbocycles. The van der Waals surface area contributed by atoms with Crippen molar-refractivity contribution in [1.29, 1.82) is 0 Å². The van der Waals surface area contributed by atoms with Gasteiger partial charge in [-0.15, -0.1) is 0 Å². The Morgan fingerprint density at radius 3 is 2.33 bits per heavy atom. The number of aliphatic hydroxyl groups excluding tert-OH is 1. The van der Waals surface area contributed by atoms with Gasteiger partial charge in [-0.05, 0) is 13.3 Å². The summed E-state index contributed by atoms with van der Waals surface area (Å²) in [5, 5.41) is 9.38. The standard InChI is InChI=1S/C12H24O3/c1-3-5-6-7-8-9-10-11(13)12(14)15-4-2/h11,13H,3-10H2,1-2H3. The highest BCUT2D eigenvalue weighted by Crippen LogP contribution is 2.09. The Kier molecular flexibility index (Phi) is 9.59. The maximum absolute atomic E-state index is 11.0. The van der Waals surface area contributed by atoms with Crippen LogP contribution in [-0.4, -0.2) is 23.8 Å². The van der Waals surface area contributed by atoms with Crippen molar-refractivity contribution in [3.05, 3.63) is 0 Å². The van der Waals surface area contributed by atoms with E-state index >= 15 is 0 Å². The Morgan fingerprint density at radius 2 is 1.73 bits per heavy atom. The second-order valence-electron chi connectivity index (χ2n) is 3.82. The molecule has 0 radical (unpaired) electrons. The first kappa shape index (κ1) is 14.4. The van der Waals surface area contributed by atoms with Crippen LogP contribution in [0.2, 0.25) is 0 Å². The fraction of sp³-hybridized carbons (Fsp3) is 0.917. The molecule has 0 aromatic carbocycles. The normalized spacial score (nSPS) is 12.5. The quantitative estimate of drug-likeness (QED) is 0.476. The van der Waals surface area contributed by atoms with E-state index in [1.165, 1.54) is 25.7 Å². The lowest BCUT2D eigenvalue weighted by Gasteiger charge is -2.08. The summed E-state index contributed by atoms with van der Waals surface area (Å²) in [6.45, 7) is 4.27. The molecule has 0 aliphatic heterocycles. The molecule has 0 amide bonds. The SMILES string of the molecule is CCCCCCCCC(O)C(=O)OCC. The van der Waals surface area contributed by atoms with Gasteiger partial charge in [0.05, 0.1) is 6.61 Å². The lowest BCUT2D eigenvalue weighted by molar-refractivity contribution is -0.153. The van der Waals surface area contributed by atoms with Crippen LogP contribution in [0.25, 0.3) is 0 Å². The number of esters is 1. The molecule has 3 nitrogen and oxygen atoms in total. The van der Waals surface area contributed by atoms with E-state index in [0.29, 0.717) is 13.0 Å². The molecule has 0 rings (SSSR count). The Bertz CT molecular complexity index is 157. The predicted octanol–water partition coefficient (Wildman–Crippen LogP) is 2.66. The third-order valence-electron chi connectivity index (χ3n) is 2.39. The molecule has 90 valence electrons. The van der Waals surface area contributed by atoms with Gasteiger partial charge < -0.3 is 9.84 Å². The van der Waals surface area contributed by atoms with Gasteiger partial charge >= 0.3 is 5.97 Å². The first-order valence-corrected chi connectivity index (χ1v) is 6.07. The van der Waals surface area contributed by atoms with Gasteiger partial charge in [0.15, 0.2) is 6.10 Å². The minimum absolute atomic E-state index is 0.340. The molecule has 3 heteroatoms. The van der Waals surface area contributed by atoms with Crippen molar-refractivity contribution in [1.82, 2.24) is 0 Å². The molecule has 0 aliphatic rings. The zero-order chi connectivity index (χ0) is 11.5. The average molecular weight is 216 g/mol. The molecule has 0 heterocycles. The lowest BCUT2D eigenvalue weighted by Crippen LogP contribution is -2.22. The number of aliphatic hydroxyl groups is 1. The summed E-state index contributed by atoms with van der Waals surface area (Å²) >= 11 is 0. The van der Waals surface area contributed by atoms with Crippen LogP contribution < -0.4 is 0 Å². The molecule has 0 aromatic rings. The van der Waals surface area contributed by atoms with Gasteiger partial charge in [-0.3, -0.25) is 0 Å². The second-order valence-corrected chi connectivity index (χ2v) is 3.82. The van der Waals surface area contributed by atoms with Gasteiger partial charge in [-0.25, -0.2) is 4.79 Å². The number of rotatable bonds is 9. The highest BCUT2D eigenvalue weighted by Gasteiger charge is 2.14. The van der Waals surface area contributed by atoms with E-state index in [1.54, 1.807) is 6.92 Å². The maximum Gasteiger partial charge on any atom is 0.334 e. The zero-order valence-electron chi connectivity index (χ0n) is 10.00. The molecular weight excluding hydrogens is 192 g/mol. The molecule has 0 saturated heterocycles. The van der Waals surface area contributed by atoms with Gasteiger partial charge in [-0.1, -0.05) is 45.4 Å². The van der Waals surface area contributed by atoms with Gasteiger partial charge in [-0.2, -0.15) is 0 Å². The Hall–Kier alpha value is -0.570. The first-order chi connectivity index (χ1) is 7.22. The lowest BCUT2D eigenvalue weighted by atomic mass is 10.1.